The maximum absolute atomic E-state index is 17.5. The number of ketones is 2. The Bertz CT molecular complexity index is 1210. The molecule has 0 radical (unpaired) electrons. The highest BCUT2D eigenvalue weighted by molar-refractivity contribution is 8.14. The number of amides is 1. The predicted octanol–water partition coefficient (Wildman–Crippen LogP) is 3.55. The van der Waals surface area contributed by atoms with Gasteiger partial charge < -0.3 is 19.9 Å². The highest BCUT2D eigenvalue weighted by atomic mass is 32.2. The number of nitrogens with one attached hydrogen (secondary N) is 1. The van der Waals surface area contributed by atoms with Crippen molar-refractivity contribution in [3.05, 3.63) is 23.8 Å². The SMILES string of the molecule is CSCCC(NC=O)C(=O)SCC(=O)[C@@]12OC(C)(C)O[C@@H]1C[C@H]1[C@@H]3CCC4=CC(=O)C=C[C@]4(C)[C@@]3(F)[C@@H](O)C[C@@]12C. The molecule has 11 heteroatoms. The van der Waals surface area contributed by atoms with Gasteiger partial charge in [0.15, 0.2) is 28.6 Å². The number of alkyl halides is 1. The summed E-state index contributed by atoms with van der Waals surface area (Å²) < 4.78 is 30.4. The van der Waals surface area contributed by atoms with Crippen molar-refractivity contribution >= 4 is 46.6 Å². The summed E-state index contributed by atoms with van der Waals surface area (Å²) in [4.78, 5) is 50.5. The summed E-state index contributed by atoms with van der Waals surface area (Å²) in [6.07, 6.45) is 6.56. The summed E-state index contributed by atoms with van der Waals surface area (Å²) in [5.41, 5.74) is -4.92. The van der Waals surface area contributed by atoms with Gasteiger partial charge >= 0.3 is 0 Å². The molecule has 4 aliphatic carbocycles. The van der Waals surface area contributed by atoms with Crippen molar-refractivity contribution in [1.29, 1.82) is 0 Å². The van der Waals surface area contributed by atoms with Gasteiger partial charge in [-0.05, 0) is 83.0 Å². The number of allylic oxidation sites excluding steroid dienone is 4. The van der Waals surface area contributed by atoms with Gasteiger partial charge in [0.2, 0.25) is 11.5 Å². The molecule has 4 fully saturated rings. The molecule has 0 aromatic rings. The molecule has 1 unspecified atom stereocenters. The van der Waals surface area contributed by atoms with Crippen LogP contribution in [0.25, 0.3) is 0 Å². The summed E-state index contributed by atoms with van der Waals surface area (Å²) in [6, 6.07) is -0.709. The first-order valence-electron chi connectivity index (χ1n) is 14.3. The first-order valence-corrected chi connectivity index (χ1v) is 16.7. The van der Waals surface area contributed by atoms with Crippen molar-refractivity contribution in [1.82, 2.24) is 5.32 Å². The molecule has 1 aliphatic heterocycles. The zero-order valence-electron chi connectivity index (χ0n) is 24.2. The van der Waals surface area contributed by atoms with Crippen LogP contribution in [0.1, 0.15) is 59.8 Å². The van der Waals surface area contributed by atoms with Crippen LogP contribution < -0.4 is 5.32 Å². The Morgan fingerprint density at radius 3 is 2.68 bits per heavy atom. The number of carbonyl (C=O) groups excluding carboxylic acids is 4. The van der Waals surface area contributed by atoms with E-state index >= 15 is 4.39 Å². The largest absolute Gasteiger partial charge is 0.390 e. The molecular formula is C30H40FNO7S2. The van der Waals surface area contributed by atoms with E-state index in [1.165, 1.54) is 12.2 Å². The van der Waals surface area contributed by atoms with Gasteiger partial charge in [-0.25, -0.2) is 4.39 Å². The van der Waals surface area contributed by atoms with Crippen LogP contribution in [-0.4, -0.2) is 81.3 Å². The van der Waals surface area contributed by atoms with Crippen LogP contribution in [0.2, 0.25) is 0 Å². The molecular weight excluding hydrogens is 569 g/mol. The zero-order valence-corrected chi connectivity index (χ0v) is 25.9. The van der Waals surface area contributed by atoms with Crippen LogP contribution in [0.4, 0.5) is 4.39 Å². The molecule has 41 heavy (non-hydrogen) atoms. The van der Waals surface area contributed by atoms with E-state index in [2.05, 4.69) is 5.32 Å². The summed E-state index contributed by atoms with van der Waals surface area (Å²) in [6.45, 7) is 7.14. The third-order valence-electron chi connectivity index (χ3n) is 10.6. The average molecular weight is 610 g/mol. The number of Topliss-reactive ketones (excluding diaryl/α,β-unsaturated/α-hetero) is 1. The molecule has 226 valence electrons. The Balaban J connectivity index is 1.47. The number of hydrogen-bond acceptors (Lipinski definition) is 9. The predicted molar refractivity (Wildman–Crippen MR) is 155 cm³/mol. The minimum atomic E-state index is -2.04. The molecule has 3 saturated carbocycles. The number of ether oxygens (including phenoxy) is 2. The van der Waals surface area contributed by atoms with Crippen molar-refractivity contribution < 1.29 is 38.1 Å². The maximum atomic E-state index is 17.5. The highest BCUT2D eigenvalue weighted by Gasteiger charge is 2.80. The second-order valence-corrected chi connectivity index (χ2v) is 15.0. The van der Waals surface area contributed by atoms with Crippen LogP contribution >= 0.6 is 23.5 Å². The molecule has 9 atom stereocenters. The molecule has 0 aromatic carbocycles. The fraction of sp³-hybridized carbons (Fsp3) is 0.733. The quantitative estimate of drug-likeness (QED) is 0.378. The summed E-state index contributed by atoms with van der Waals surface area (Å²) in [7, 11) is 0. The van der Waals surface area contributed by atoms with Crippen molar-refractivity contribution in [3.63, 3.8) is 0 Å². The summed E-state index contributed by atoms with van der Waals surface area (Å²) in [5, 5.41) is 13.9. The molecule has 5 rings (SSSR count). The van der Waals surface area contributed by atoms with Gasteiger partial charge in [-0.15, -0.1) is 0 Å². The lowest BCUT2D eigenvalue weighted by Crippen LogP contribution is -2.69. The summed E-state index contributed by atoms with van der Waals surface area (Å²) >= 11 is 2.41. The molecule has 1 amide bonds. The van der Waals surface area contributed by atoms with E-state index in [1.54, 1.807) is 38.6 Å². The number of hydrogen-bond donors (Lipinski definition) is 2. The highest BCUT2D eigenvalue weighted by Crippen LogP contribution is 2.72. The lowest BCUT2D eigenvalue weighted by atomic mass is 9.44. The van der Waals surface area contributed by atoms with Gasteiger partial charge in [0.25, 0.3) is 0 Å². The van der Waals surface area contributed by atoms with Crippen molar-refractivity contribution in [3.8, 4) is 0 Å². The number of carbonyl (C=O) groups is 4. The molecule has 1 saturated heterocycles. The Morgan fingerprint density at radius 1 is 1.27 bits per heavy atom. The molecule has 0 bridgehead atoms. The molecule has 1 heterocycles. The lowest BCUT2D eigenvalue weighted by Gasteiger charge is -2.62. The van der Waals surface area contributed by atoms with Gasteiger partial charge in [0.05, 0.1) is 24.0 Å². The van der Waals surface area contributed by atoms with E-state index in [9.17, 15) is 24.3 Å². The normalized spacial score (nSPS) is 42.8. The third kappa shape index (κ3) is 4.43. The van der Waals surface area contributed by atoms with Gasteiger partial charge in [0.1, 0.15) is 0 Å². The lowest BCUT2D eigenvalue weighted by molar-refractivity contribution is -0.245. The monoisotopic (exact) mass is 609 g/mol. The van der Waals surface area contributed by atoms with Crippen LogP contribution in [0.5, 0.6) is 0 Å². The Morgan fingerprint density at radius 2 is 2.00 bits per heavy atom. The average Bonchev–Trinajstić information content (AvgIpc) is 3.32. The van der Waals surface area contributed by atoms with E-state index < -0.39 is 52.1 Å². The van der Waals surface area contributed by atoms with E-state index in [0.29, 0.717) is 43.4 Å². The Kier molecular flexibility index (Phi) is 7.97. The van der Waals surface area contributed by atoms with Crippen molar-refractivity contribution in [2.24, 2.45) is 22.7 Å². The zero-order chi connectivity index (χ0) is 30.0. The molecule has 8 nitrogen and oxygen atoms in total. The Hall–Kier alpha value is -1.53. The van der Waals surface area contributed by atoms with E-state index in [0.717, 1.165) is 11.8 Å². The van der Waals surface area contributed by atoms with Gasteiger partial charge in [0, 0.05) is 16.7 Å². The van der Waals surface area contributed by atoms with Gasteiger partial charge in [-0.3, -0.25) is 19.2 Å². The minimum absolute atomic E-state index is 0.0291. The van der Waals surface area contributed by atoms with E-state index in [-0.39, 0.29) is 34.8 Å². The standard InChI is InChI=1S/C30H40FNO7S2/c1-26(2)38-24-13-20-19-7-6-17-12-18(34)8-10-27(17,3)29(19,31)22(35)14-28(20,4)30(24,39-26)23(36)15-41-25(37)21(32-16-33)9-11-40-5/h8,10,12,16,19-22,24,35H,6-7,9,11,13-15H2,1-5H3,(H,32,33)/t19-,20-,21?,22-,24+,27-,28-,29-,30+/m0/s1. The number of aliphatic hydroxyl groups excluding tert-OH is 1. The van der Waals surface area contributed by atoms with Crippen LogP contribution in [0, 0.1) is 22.7 Å². The number of rotatable bonds is 9. The number of fused-ring (bicyclic) bond motifs is 7. The topological polar surface area (TPSA) is 119 Å². The van der Waals surface area contributed by atoms with Gasteiger partial charge in [-0.2, -0.15) is 11.8 Å². The number of aliphatic hydroxyl groups is 1. The fourth-order valence-corrected chi connectivity index (χ4v) is 10.1. The molecule has 0 spiro atoms. The van der Waals surface area contributed by atoms with E-state index in [4.69, 9.17) is 9.47 Å². The number of halogens is 1. The Labute approximate surface area is 249 Å². The van der Waals surface area contributed by atoms with Crippen molar-refractivity contribution in [2.45, 2.75) is 95.1 Å². The van der Waals surface area contributed by atoms with Crippen LogP contribution in [0.3, 0.4) is 0 Å². The second kappa shape index (κ2) is 10.6. The van der Waals surface area contributed by atoms with Gasteiger partial charge in [-0.1, -0.05) is 30.3 Å². The first-order chi connectivity index (χ1) is 19.2. The summed E-state index contributed by atoms with van der Waals surface area (Å²) in [5.74, 6) is -2.03. The molecule has 0 aromatic heterocycles. The maximum Gasteiger partial charge on any atom is 0.211 e. The second-order valence-electron chi connectivity index (χ2n) is 13.0. The smallest absolute Gasteiger partial charge is 0.211 e. The number of thioether (sulfide) groups is 2. The first kappa shape index (κ1) is 30.9. The molecule has 2 N–H and O–H groups in total. The van der Waals surface area contributed by atoms with Crippen LogP contribution in [0.15, 0.2) is 23.8 Å². The third-order valence-corrected chi connectivity index (χ3v) is 12.2. The van der Waals surface area contributed by atoms with E-state index in [1.807, 2.05) is 13.2 Å². The fourth-order valence-electron chi connectivity index (χ4n) is 8.74. The van der Waals surface area contributed by atoms with Crippen LogP contribution in [-0.2, 0) is 28.7 Å². The molecule has 5 aliphatic rings. The van der Waals surface area contributed by atoms with Crippen molar-refractivity contribution in [2.75, 3.05) is 17.8 Å². The minimum Gasteiger partial charge on any atom is -0.390 e.